The van der Waals surface area contributed by atoms with Gasteiger partial charge in [-0.25, -0.2) is 5.43 Å². The van der Waals surface area contributed by atoms with Gasteiger partial charge >= 0.3 is 0 Å². The summed E-state index contributed by atoms with van der Waals surface area (Å²) in [7, 11) is 3.16. The van der Waals surface area contributed by atoms with Gasteiger partial charge < -0.3 is 18.9 Å². The molecule has 1 N–H and O–H groups in total. The van der Waals surface area contributed by atoms with Crippen LogP contribution in [0.3, 0.4) is 0 Å². The van der Waals surface area contributed by atoms with Crippen molar-refractivity contribution in [1.29, 1.82) is 0 Å². The molecule has 142 valence electrons. The van der Waals surface area contributed by atoms with Crippen molar-refractivity contribution in [3.8, 4) is 23.0 Å². The third-order valence-corrected chi connectivity index (χ3v) is 4.63. The topological polar surface area (TPSA) is 78.4 Å². The lowest BCUT2D eigenvalue weighted by Crippen LogP contribution is -2.20. The van der Waals surface area contributed by atoms with Gasteiger partial charge in [-0.3, -0.25) is 4.79 Å². The molecule has 0 atom stereocenters. The minimum absolute atomic E-state index is 0.192. The Morgan fingerprint density at radius 3 is 2.70 bits per heavy atom. The van der Waals surface area contributed by atoms with Crippen LogP contribution in [0.1, 0.15) is 11.1 Å². The first-order valence-corrected chi connectivity index (χ1v) is 9.30. The highest BCUT2D eigenvalue weighted by Crippen LogP contribution is 2.33. The maximum absolute atomic E-state index is 12.1. The van der Waals surface area contributed by atoms with Gasteiger partial charge in [0.15, 0.2) is 23.0 Å². The van der Waals surface area contributed by atoms with Crippen molar-refractivity contribution in [2.75, 3.05) is 27.4 Å². The molecule has 8 heteroatoms. The van der Waals surface area contributed by atoms with E-state index in [1.807, 2.05) is 24.3 Å². The predicted molar refractivity (Wildman–Crippen MR) is 109 cm³/mol. The average molecular weight is 482 g/mol. The molecule has 1 aliphatic heterocycles. The first-order chi connectivity index (χ1) is 13.1. The van der Waals surface area contributed by atoms with Gasteiger partial charge in [0.05, 0.1) is 30.4 Å². The van der Waals surface area contributed by atoms with Crippen molar-refractivity contribution >= 4 is 34.7 Å². The van der Waals surface area contributed by atoms with Gasteiger partial charge in [-0.15, -0.1) is 0 Å². The normalized spacial score (nSPS) is 12.7. The largest absolute Gasteiger partial charge is 0.493 e. The van der Waals surface area contributed by atoms with Gasteiger partial charge in [0, 0.05) is 0 Å². The van der Waals surface area contributed by atoms with Crippen molar-refractivity contribution in [3.63, 3.8) is 0 Å². The van der Waals surface area contributed by atoms with Crippen LogP contribution in [0.4, 0.5) is 0 Å². The van der Waals surface area contributed by atoms with Gasteiger partial charge in [0.25, 0.3) is 0 Å². The molecule has 0 aliphatic carbocycles. The van der Waals surface area contributed by atoms with Gasteiger partial charge in [0.2, 0.25) is 5.91 Å². The van der Waals surface area contributed by atoms with E-state index in [-0.39, 0.29) is 12.3 Å². The zero-order valence-electron chi connectivity index (χ0n) is 15.0. The average Bonchev–Trinajstić information content (AvgIpc) is 2.67. The summed E-state index contributed by atoms with van der Waals surface area (Å²) in [5.74, 6) is 2.41. The fourth-order valence-corrected chi connectivity index (χ4v) is 3.46. The molecule has 0 saturated heterocycles. The van der Waals surface area contributed by atoms with Crippen LogP contribution in [0.15, 0.2) is 35.4 Å². The molecule has 0 saturated carbocycles. The summed E-state index contributed by atoms with van der Waals surface area (Å²) in [4.78, 5) is 12.1. The fraction of sp³-hybridized carbons (Fsp3) is 0.263. The van der Waals surface area contributed by atoms with Gasteiger partial charge in [-0.1, -0.05) is 6.07 Å². The highest BCUT2D eigenvalue weighted by atomic mass is 127. The number of ether oxygens (including phenoxy) is 4. The van der Waals surface area contributed by atoms with Crippen molar-refractivity contribution < 1.29 is 23.7 Å². The van der Waals surface area contributed by atoms with Gasteiger partial charge in [-0.05, 0) is 58.0 Å². The van der Waals surface area contributed by atoms with Crippen molar-refractivity contribution in [2.45, 2.75) is 6.42 Å². The Bertz CT molecular complexity index is 869. The summed E-state index contributed by atoms with van der Waals surface area (Å²) in [5.41, 5.74) is 4.14. The number of hydrogen-bond acceptors (Lipinski definition) is 6. The van der Waals surface area contributed by atoms with E-state index in [1.165, 1.54) is 0 Å². The van der Waals surface area contributed by atoms with E-state index in [4.69, 9.17) is 18.9 Å². The smallest absolute Gasteiger partial charge is 0.244 e. The molecule has 0 bridgehead atoms. The molecule has 2 aromatic rings. The van der Waals surface area contributed by atoms with Crippen LogP contribution in [-0.4, -0.2) is 39.6 Å². The second-order valence-corrected chi connectivity index (χ2v) is 6.85. The molecule has 0 fully saturated rings. The number of hydrogen-bond donors (Lipinski definition) is 1. The summed E-state index contributed by atoms with van der Waals surface area (Å²) < 4.78 is 22.5. The van der Waals surface area contributed by atoms with Gasteiger partial charge in [-0.2, -0.15) is 5.10 Å². The van der Waals surface area contributed by atoms with E-state index in [1.54, 1.807) is 26.5 Å². The highest BCUT2D eigenvalue weighted by molar-refractivity contribution is 14.1. The van der Waals surface area contributed by atoms with Gasteiger partial charge in [0.1, 0.15) is 13.2 Å². The standard InChI is InChI=1S/C19H19IN2O5/c1-24-17-9-13(7-14(20)19(17)25-2)11-21-22-18(23)10-12-3-4-15-16(8-12)27-6-5-26-15/h3-4,7-9,11H,5-6,10H2,1-2H3,(H,22,23)/b21-11+. The van der Waals surface area contributed by atoms with Crippen molar-refractivity contribution in [1.82, 2.24) is 5.43 Å². The number of nitrogens with one attached hydrogen (secondary N) is 1. The molecule has 1 aliphatic rings. The van der Waals surface area contributed by atoms with Crippen LogP contribution in [0.5, 0.6) is 23.0 Å². The third-order valence-electron chi connectivity index (χ3n) is 3.83. The molecule has 0 radical (unpaired) electrons. The molecule has 0 unspecified atom stereocenters. The second kappa shape index (κ2) is 8.94. The molecule has 0 aromatic heterocycles. The SMILES string of the molecule is COc1cc(/C=N/NC(=O)Cc2ccc3c(c2)OCCO3)cc(I)c1OC. The number of rotatable bonds is 6. The first kappa shape index (κ1) is 19.3. The number of hydrazone groups is 1. The molecule has 0 spiro atoms. The number of fused-ring (bicyclic) bond motifs is 1. The molecular formula is C19H19IN2O5. The Hall–Kier alpha value is -2.49. The quantitative estimate of drug-likeness (QED) is 0.390. The summed E-state index contributed by atoms with van der Waals surface area (Å²) in [5, 5.41) is 4.02. The lowest BCUT2D eigenvalue weighted by atomic mass is 10.1. The van der Waals surface area contributed by atoms with E-state index in [0.29, 0.717) is 36.2 Å². The Kier molecular flexibility index (Phi) is 6.38. The zero-order chi connectivity index (χ0) is 19.2. The second-order valence-electron chi connectivity index (χ2n) is 5.69. The Morgan fingerprint density at radius 2 is 1.96 bits per heavy atom. The number of methoxy groups -OCH3 is 2. The monoisotopic (exact) mass is 482 g/mol. The maximum Gasteiger partial charge on any atom is 0.244 e. The highest BCUT2D eigenvalue weighted by Gasteiger charge is 2.13. The first-order valence-electron chi connectivity index (χ1n) is 8.22. The summed E-state index contributed by atoms with van der Waals surface area (Å²) in [6.45, 7) is 1.05. The summed E-state index contributed by atoms with van der Waals surface area (Å²) in [6, 6.07) is 9.14. The van der Waals surface area contributed by atoms with Crippen molar-refractivity contribution in [3.05, 3.63) is 45.0 Å². The Labute approximate surface area is 170 Å². The fourth-order valence-electron chi connectivity index (χ4n) is 2.61. The van der Waals surface area contributed by atoms with E-state index in [9.17, 15) is 4.79 Å². The molecule has 27 heavy (non-hydrogen) atoms. The van der Waals surface area contributed by atoms with E-state index < -0.39 is 0 Å². The number of benzene rings is 2. The van der Waals surface area contributed by atoms with Crippen LogP contribution in [0, 0.1) is 3.57 Å². The minimum Gasteiger partial charge on any atom is -0.493 e. The summed E-state index contributed by atoms with van der Waals surface area (Å²) in [6.07, 6.45) is 1.75. The lowest BCUT2D eigenvalue weighted by molar-refractivity contribution is -0.120. The Balaban J connectivity index is 1.61. The van der Waals surface area contributed by atoms with Crippen LogP contribution in [0.25, 0.3) is 0 Å². The van der Waals surface area contributed by atoms with E-state index in [0.717, 1.165) is 14.7 Å². The molecule has 1 heterocycles. The Morgan fingerprint density at radius 1 is 1.19 bits per heavy atom. The van der Waals surface area contributed by atoms with Crippen LogP contribution in [0.2, 0.25) is 0 Å². The zero-order valence-corrected chi connectivity index (χ0v) is 17.1. The number of amides is 1. The maximum atomic E-state index is 12.1. The molecule has 1 amide bonds. The third kappa shape index (κ3) is 4.82. The van der Waals surface area contributed by atoms with Crippen LogP contribution >= 0.6 is 22.6 Å². The molecular weight excluding hydrogens is 463 g/mol. The number of nitrogens with zero attached hydrogens (tertiary/aromatic N) is 1. The molecule has 7 nitrogen and oxygen atoms in total. The van der Waals surface area contributed by atoms with E-state index >= 15 is 0 Å². The number of carbonyl (C=O) groups is 1. The molecule has 2 aromatic carbocycles. The number of carbonyl (C=O) groups excluding carboxylic acids is 1. The molecule has 3 rings (SSSR count). The van der Waals surface area contributed by atoms with Crippen LogP contribution in [-0.2, 0) is 11.2 Å². The minimum atomic E-state index is -0.224. The van der Waals surface area contributed by atoms with E-state index in [2.05, 4.69) is 33.1 Å². The lowest BCUT2D eigenvalue weighted by Gasteiger charge is -2.18. The summed E-state index contributed by atoms with van der Waals surface area (Å²) >= 11 is 2.16. The number of halogens is 1. The van der Waals surface area contributed by atoms with Crippen molar-refractivity contribution in [2.24, 2.45) is 5.10 Å². The predicted octanol–water partition coefficient (Wildman–Crippen LogP) is 2.77. The van der Waals surface area contributed by atoms with Crippen LogP contribution < -0.4 is 24.4 Å².